The second-order valence-electron chi connectivity index (χ2n) is 3.94. The van der Waals surface area contributed by atoms with Gasteiger partial charge in [-0.25, -0.2) is 0 Å². The Morgan fingerprint density at radius 3 is 2.68 bits per heavy atom. The zero-order chi connectivity index (χ0) is 16.3. The number of hydrogen-bond acceptors (Lipinski definition) is 5. The fourth-order valence-electron chi connectivity index (χ4n) is 1.49. The smallest absolute Gasteiger partial charge is 0.293 e. The van der Waals surface area contributed by atoms with Crippen LogP contribution in [0.1, 0.15) is 10.6 Å². The third kappa shape index (κ3) is 4.03. The van der Waals surface area contributed by atoms with E-state index in [9.17, 15) is 14.9 Å². The van der Waals surface area contributed by atoms with Gasteiger partial charge in [0.15, 0.2) is 15.5 Å². The average molecular weight is 405 g/mol. The number of nitro groups is 1. The third-order valence-electron chi connectivity index (χ3n) is 2.42. The number of amides is 1. The number of benzene rings is 1. The maximum Gasteiger partial charge on any atom is 0.293 e. The third-order valence-corrected chi connectivity index (χ3v) is 3.37. The van der Waals surface area contributed by atoms with E-state index in [1.54, 1.807) is 6.07 Å². The molecular weight excluding hydrogens is 398 g/mol. The average Bonchev–Trinajstić information content (AvgIpc) is 2.87. The Labute approximate surface area is 142 Å². The molecule has 1 heterocycles. The van der Waals surface area contributed by atoms with E-state index in [4.69, 9.17) is 28.2 Å². The lowest BCUT2D eigenvalue weighted by atomic mass is 10.3. The number of hydrogen-bond donors (Lipinski definition) is 2. The molecule has 114 valence electrons. The minimum Gasteiger partial charge on any atom is -0.444 e. The van der Waals surface area contributed by atoms with Crippen LogP contribution in [-0.2, 0) is 0 Å². The van der Waals surface area contributed by atoms with Gasteiger partial charge in [0.05, 0.1) is 4.92 Å². The van der Waals surface area contributed by atoms with Gasteiger partial charge in [-0.3, -0.25) is 20.2 Å². The number of carbonyl (C=O) groups is 1. The van der Waals surface area contributed by atoms with Gasteiger partial charge in [-0.2, -0.15) is 0 Å². The van der Waals surface area contributed by atoms with Gasteiger partial charge in [0.25, 0.3) is 11.6 Å². The first-order chi connectivity index (χ1) is 10.4. The van der Waals surface area contributed by atoms with Gasteiger partial charge in [-0.05, 0) is 52.4 Å². The molecule has 0 bridgehead atoms. The van der Waals surface area contributed by atoms with Gasteiger partial charge in [0.2, 0.25) is 0 Å². The molecule has 0 aliphatic rings. The Balaban J connectivity index is 2.04. The number of nitrogens with zero attached hydrogens (tertiary/aromatic N) is 1. The number of nitro benzene ring substituents is 1. The molecule has 0 radical (unpaired) electrons. The normalized spacial score (nSPS) is 10.1. The second kappa shape index (κ2) is 6.86. The molecule has 0 atom stereocenters. The molecular formula is C12H7BrClN3O4S. The summed E-state index contributed by atoms with van der Waals surface area (Å²) < 4.78 is 5.48. The van der Waals surface area contributed by atoms with Gasteiger partial charge >= 0.3 is 0 Å². The highest BCUT2D eigenvalue weighted by Gasteiger charge is 2.15. The van der Waals surface area contributed by atoms with Crippen molar-refractivity contribution in [1.29, 1.82) is 0 Å². The molecule has 1 aromatic heterocycles. The summed E-state index contributed by atoms with van der Waals surface area (Å²) in [5.41, 5.74) is 0.0535. The SMILES string of the molecule is O=C(NC(=S)Nc1ccc(Cl)c([N+](=O)[O-])c1)c1ccc(Br)o1. The number of halogens is 2. The molecule has 10 heteroatoms. The molecule has 2 aromatic rings. The number of anilines is 1. The summed E-state index contributed by atoms with van der Waals surface area (Å²) in [6.07, 6.45) is 0. The van der Waals surface area contributed by atoms with Crippen molar-refractivity contribution in [2.75, 3.05) is 5.32 Å². The number of rotatable bonds is 3. The van der Waals surface area contributed by atoms with Crippen molar-refractivity contribution in [3.05, 3.63) is 55.9 Å². The number of nitrogens with one attached hydrogen (secondary N) is 2. The number of carbonyl (C=O) groups excluding carboxylic acids is 1. The molecule has 0 fully saturated rings. The van der Waals surface area contributed by atoms with Gasteiger partial charge < -0.3 is 9.73 Å². The lowest BCUT2D eigenvalue weighted by Gasteiger charge is -2.08. The summed E-state index contributed by atoms with van der Waals surface area (Å²) in [6.45, 7) is 0. The quantitative estimate of drug-likeness (QED) is 0.459. The van der Waals surface area contributed by atoms with Crippen molar-refractivity contribution in [3.63, 3.8) is 0 Å². The summed E-state index contributed by atoms with van der Waals surface area (Å²) in [7, 11) is 0. The molecule has 0 spiro atoms. The number of furan rings is 1. The molecule has 0 saturated heterocycles. The lowest BCUT2D eigenvalue weighted by molar-refractivity contribution is -0.384. The highest BCUT2D eigenvalue weighted by atomic mass is 79.9. The highest BCUT2D eigenvalue weighted by Crippen LogP contribution is 2.27. The first-order valence-corrected chi connectivity index (χ1v) is 7.26. The molecule has 2 N–H and O–H groups in total. The monoisotopic (exact) mass is 403 g/mol. The molecule has 1 aromatic carbocycles. The Morgan fingerprint density at radius 1 is 1.36 bits per heavy atom. The molecule has 2 rings (SSSR count). The van der Waals surface area contributed by atoms with Crippen molar-refractivity contribution >= 4 is 62.1 Å². The Bertz CT molecular complexity index is 765. The van der Waals surface area contributed by atoms with Crippen molar-refractivity contribution < 1.29 is 14.1 Å². The lowest BCUT2D eigenvalue weighted by Crippen LogP contribution is -2.33. The van der Waals surface area contributed by atoms with E-state index in [0.717, 1.165) is 0 Å². The van der Waals surface area contributed by atoms with E-state index in [0.29, 0.717) is 10.4 Å². The van der Waals surface area contributed by atoms with Crippen molar-refractivity contribution in [2.24, 2.45) is 0 Å². The van der Waals surface area contributed by atoms with Crippen LogP contribution in [0.5, 0.6) is 0 Å². The van der Waals surface area contributed by atoms with Crippen LogP contribution in [0.2, 0.25) is 5.02 Å². The largest absolute Gasteiger partial charge is 0.444 e. The molecule has 0 saturated carbocycles. The summed E-state index contributed by atoms with van der Waals surface area (Å²) in [5.74, 6) is -0.482. The first-order valence-electron chi connectivity index (χ1n) is 5.68. The first kappa shape index (κ1) is 16.4. The summed E-state index contributed by atoms with van der Waals surface area (Å²) in [6, 6.07) is 7.10. The van der Waals surface area contributed by atoms with Gasteiger partial charge in [0.1, 0.15) is 5.02 Å². The maximum absolute atomic E-state index is 11.8. The predicted octanol–water partition coefficient (Wildman–Crippen LogP) is 3.73. The van der Waals surface area contributed by atoms with E-state index in [-0.39, 0.29) is 21.6 Å². The highest BCUT2D eigenvalue weighted by molar-refractivity contribution is 9.10. The van der Waals surface area contributed by atoms with Crippen LogP contribution in [0, 0.1) is 10.1 Å². The van der Waals surface area contributed by atoms with Crippen LogP contribution in [0.25, 0.3) is 0 Å². The zero-order valence-electron chi connectivity index (χ0n) is 10.6. The minimum atomic E-state index is -0.616. The van der Waals surface area contributed by atoms with E-state index in [2.05, 4.69) is 26.6 Å². The van der Waals surface area contributed by atoms with E-state index in [1.165, 1.54) is 24.3 Å². The van der Waals surface area contributed by atoms with Gasteiger partial charge in [-0.1, -0.05) is 11.6 Å². The molecule has 7 nitrogen and oxygen atoms in total. The fourth-order valence-corrected chi connectivity index (χ4v) is 2.20. The van der Waals surface area contributed by atoms with Crippen LogP contribution in [0.4, 0.5) is 11.4 Å². The number of thiocarbonyl (C=S) groups is 1. The Hall–Kier alpha value is -1.97. The van der Waals surface area contributed by atoms with E-state index < -0.39 is 10.8 Å². The van der Waals surface area contributed by atoms with Crippen LogP contribution in [0.3, 0.4) is 0 Å². The van der Waals surface area contributed by atoms with Crippen molar-refractivity contribution in [2.45, 2.75) is 0 Å². The summed E-state index contributed by atoms with van der Waals surface area (Å²) >= 11 is 13.7. The van der Waals surface area contributed by atoms with Crippen molar-refractivity contribution in [3.8, 4) is 0 Å². The van der Waals surface area contributed by atoms with E-state index in [1.807, 2.05) is 0 Å². The van der Waals surface area contributed by atoms with Crippen LogP contribution >= 0.6 is 39.7 Å². The summed E-state index contributed by atoms with van der Waals surface area (Å²) in [5, 5.41) is 15.8. The standard InChI is InChI=1S/C12H7BrClN3O4S/c13-10-4-3-9(21-10)11(18)16-12(22)15-6-1-2-7(14)8(5-6)17(19)20/h1-5H,(H2,15,16,18,22). The summed E-state index contributed by atoms with van der Waals surface area (Å²) in [4.78, 5) is 22.0. The van der Waals surface area contributed by atoms with Crippen LogP contribution in [0.15, 0.2) is 39.4 Å². The van der Waals surface area contributed by atoms with E-state index >= 15 is 0 Å². The molecule has 0 aliphatic heterocycles. The van der Waals surface area contributed by atoms with Gasteiger partial charge in [0, 0.05) is 11.8 Å². The maximum atomic E-state index is 11.8. The van der Waals surface area contributed by atoms with Crippen molar-refractivity contribution in [1.82, 2.24) is 5.32 Å². The second-order valence-corrected chi connectivity index (χ2v) is 5.53. The molecule has 0 aliphatic carbocycles. The van der Waals surface area contributed by atoms with Gasteiger partial charge in [-0.15, -0.1) is 0 Å². The topological polar surface area (TPSA) is 97.4 Å². The molecule has 22 heavy (non-hydrogen) atoms. The Morgan fingerprint density at radius 2 is 2.09 bits per heavy atom. The zero-order valence-corrected chi connectivity index (χ0v) is 13.8. The molecule has 0 unspecified atom stereocenters. The predicted molar refractivity (Wildman–Crippen MR) is 88.2 cm³/mol. The van der Waals surface area contributed by atoms with Crippen LogP contribution < -0.4 is 10.6 Å². The Kier molecular flexibility index (Phi) is 5.11. The van der Waals surface area contributed by atoms with Crippen LogP contribution in [-0.4, -0.2) is 15.9 Å². The fraction of sp³-hybridized carbons (Fsp3) is 0. The molecule has 1 amide bonds. The minimum absolute atomic E-state index is 0.00550.